The van der Waals surface area contributed by atoms with Gasteiger partial charge in [-0.15, -0.1) is 0 Å². The molecule has 34 heavy (non-hydrogen) atoms. The number of aliphatic imine (C=N–C) groups is 1. The fourth-order valence-electron chi connectivity index (χ4n) is 4.20. The highest BCUT2D eigenvalue weighted by atomic mass is 16.2. The van der Waals surface area contributed by atoms with Gasteiger partial charge in [-0.25, -0.2) is 4.98 Å². The van der Waals surface area contributed by atoms with Gasteiger partial charge < -0.3 is 10.2 Å². The van der Waals surface area contributed by atoms with Gasteiger partial charge in [-0.1, -0.05) is 26.0 Å². The van der Waals surface area contributed by atoms with Crippen molar-refractivity contribution in [3.8, 4) is 0 Å². The molecule has 1 atom stereocenters. The largest absolute Gasteiger partial charge is 0.336 e. The highest BCUT2D eigenvalue weighted by Gasteiger charge is 2.28. The average molecular weight is 466 g/mol. The lowest BCUT2D eigenvalue weighted by atomic mass is 10.1. The lowest BCUT2D eigenvalue weighted by molar-refractivity contribution is -0.129. The predicted octanol–water partition coefficient (Wildman–Crippen LogP) is 2.70. The van der Waals surface area contributed by atoms with E-state index in [-0.39, 0.29) is 17.5 Å². The van der Waals surface area contributed by atoms with Crippen LogP contribution in [-0.2, 0) is 11.3 Å². The van der Waals surface area contributed by atoms with E-state index in [4.69, 9.17) is 0 Å². The number of carbonyl (C=O) groups is 1. The second kappa shape index (κ2) is 12.2. The van der Waals surface area contributed by atoms with E-state index < -0.39 is 0 Å². The van der Waals surface area contributed by atoms with Gasteiger partial charge in [0.25, 0.3) is 5.56 Å². The zero-order valence-corrected chi connectivity index (χ0v) is 20.4. The molecule has 1 amide bonds. The topological polar surface area (TPSA) is 95.7 Å². The molecule has 1 fully saturated rings. The normalized spacial score (nSPS) is 17.4. The lowest BCUT2D eigenvalue weighted by Gasteiger charge is -2.41. The Morgan fingerprint density at radius 1 is 1.29 bits per heavy atom. The third kappa shape index (κ3) is 6.17. The maximum atomic E-state index is 12.8. The van der Waals surface area contributed by atoms with Crippen molar-refractivity contribution in [2.24, 2.45) is 4.99 Å². The number of pyridine rings is 1. The van der Waals surface area contributed by atoms with E-state index in [1.165, 1.54) is 6.08 Å². The molecule has 2 aromatic rings. The van der Waals surface area contributed by atoms with Crippen molar-refractivity contribution in [1.29, 1.82) is 0 Å². The number of hydrogen-bond acceptors (Lipinski definition) is 7. The summed E-state index contributed by atoms with van der Waals surface area (Å²) in [5.41, 5.74) is 1.30. The molecule has 0 unspecified atom stereocenters. The number of anilines is 1. The molecule has 182 valence electrons. The minimum atomic E-state index is -0.0940. The van der Waals surface area contributed by atoms with Gasteiger partial charge in [-0.2, -0.15) is 4.98 Å². The molecule has 1 saturated heterocycles. The molecule has 0 aliphatic carbocycles. The van der Waals surface area contributed by atoms with Crippen molar-refractivity contribution in [1.82, 2.24) is 24.3 Å². The fourth-order valence-corrected chi connectivity index (χ4v) is 4.20. The highest BCUT2D eigenvalue weighted by molar-refractivity contribution is 5.87. The molecule has 1 N–H and O–H groups in total. The first-order valence-electron chi connectivity index (χ1n) is 12.0. The zero-order chi connectivity index (χ0) is 24.5. The predicted molar refractivity (Wildman–Crippen MR) is 137 cm³/mol. The molecule has 0 aromatic carbocycles. The molecular formula is C25H35N7O2. The summed E-state index contributed by atoms with van der Waals surface area (Å²) in [5, 5.41) is 3.98. The molecule has 0 radical (unpaired) electrons. The van der Waals surface area contributed by atoms with Crippen LogP contribution in [-0.4, -0.2) is 75.2 Å². The van der Waals surface area contributed by atoms with Crippen molar-refractivity contribution in [3.63, 3.8) is 0 Å². The molecule has 3 heterocycles. The highest BCUT2D eigenvalue weighted by Crippen LogP contribution is 2.17. The van der Waals surface area contributed by atoms with E-state index in [1.54, 1.807) is 29.1 Å². The quantitative estimate of drug-likeness (QED) is 0.428. The van der Waals surface area contributed by atoms with E-state index in [0.29, 0.717) is 44.3 Å². The first-order chi connectivity index (χ1) is 16.5. The number of rotatable bonds is 10. The monoisotopic (exact) mass is 465 g/mol. The van der Waals surface area contributed by atoms with Crippen molar-refractivity contribution in [2.45, 2.75) is 46.2 Å². The third-order valence-corrected chi connectivity index (χ3v) is 6.03. The average Bonchev–Trinajstić information content (AvgIpc) is 2.86. The van der Waals surface area contributed by atoms with Crippen LogP contribution in [0.5, 0.6) is 0 Å². The summed E-state index contributed by atoms with van der Waals surface area (Å²) in [6.45, 7) is 13.7. The molecule has 2 aromatic heterocycles. The Labute approximate surface area is 200 Å². The van der Waals surface area contributed by atoms with Crippen molar-refractivity contribution >= 4 is 29.1 Å². The number of nitrogens with one attached hydrogen (secondary N) is 1. The maximum absolute atomic E-state index is 12.8. The van der Waals surface area contributed by atoms with Crippen molar-refractivity contribution < 1.29 is 4.79 Å². The minimum Gasteiger partial charge on any atom is -0.336 e. The van der Waals surface area contributed by atoms with E-state index in [9.17, 15) is 9.59 Å². The fraction of sp³-hybridized carbons (Fsp3) is 0.480. The lowest BCUT2D eigenvalue weighted by Crippen LogP contribution is -2.55. The van der Waals surface area contributed by atoms with Crippen LogP contribution in [0.15, 0.2) is 52.5 Å². The zero-order valence-electron chi connectivity index (χ0n) is 20.4. The Bertz CT molecular complexity index is 1120. The Kier molecular flexibility index (Phi) is 9.09. The third-order valence-electron chi connectivity index (χ3n) is 6.03. The standard InChI is InChI=1S/C25H35N7O2/c1-5-9-21-18-31(22(33)7-3)13-12-30(21)14-15-32-23(34)11-10-19-16-27-25(29-24(19)32)28-20(6-2)17-26-8-4/h6-7,10-11,16-17,21H,3,5,8-9,12-15,18H2,1-2,4H3,(H,27,28,29)/b20-6+,26-17?/t21-/m0/s1. The number of amides is 1. The van der Waals surface area contributed by atoms with E-state index in [0.717, 1.165) is 30.5 Å². The minimum absolute atomic E-state index is 0.0211. The van der Waals surface area contributed by atoms with Gasteiger partial charge in [0.2, 0.25) is 11.9 Å². The first kappa shape index (κ1) is 25.3. The number of nitrogens with zero attached hydrogens (tertiary/aromatic N) is 6. The van der Waals surface area contributed by atoms with Gasteiger partial charge in [0, 0.05) is 69.2 Å². The van der Waals surface area contributed by atoms with Crippen LogP contribution in [0.1, 0.15) is 33.6 Å². The summed E-state index contributed by atoms with van der Waals surface area (Å²) in [6.07, 6.45) is 8.78. The summed E-state index contributed by atoms with van der Waals surface area (Å²) in [6, 6.07) is 3.58. The Morgan fingerprint density at radius 2 is 2.12 bits per heavy atom. The van der Waals surface area contributed by atoms with Gasteiger partial charge in [0.15, 0.2) is 0 Å². The van der Waals surface area contributed by atoms with Gasteiger partial charge in [-0.05, 0) is 32.4 Å². The smallest absolute Gasteiger partial charge is 0.252 e. The molecular weight excluding hydrogens is 430 g/mol. The summed E-state index contributed by atoms with van der Waals surface area (Å²) >= 11 is 0. The molecule has 0 saturated carbocycles. The Balaban J connectivity index is 1.81. The Morgan fingerprint density at radius 3 is 2.82 bits per heavy atom. The molecule has 1 aliphatic heterocycles. The van der Waals surface area contributed by atoms with Gasteiger partial charge >= 0.3 is 0 Å². The maximum Gasteiger partial charge on any atom is 0.252 e. The SMILES string of the molecule is C=CC(=O)N1CCN(CCn2c(=O)ccc3cnc(N/C(C=NCC)=C/C)nc32)[C@@H](CCC)C1. The molecule has 9 nitrogen and oxygen atoms in total. The number of allylic oxidation sites excluding steroid dienone is 2. The number of carbonyl (C=O) groups excluding carboxylic acids is 1. The van der Waals surface area contributed by atoms with Gasteiger partial charge in [0.05, 0.1) is 5.70 Å². The van der Waals surface area contributed by atoms with E-state index in [2.05, 4.69) is 38.7 Å². The van der Waals surface area contributed by atoms with Crippen LogP contribution in [0.2, 0.25) is 0 Å². The summed E-state index contributed by atoms with van der Waals surface area (Å²) in [4.78, 5) is 42.4. The van der Waals surface area contributed by atoms with Crippen LogP contribution in [0, 0.1) is 0 Å². The molecule has 0 spiro atoms. The molecule has 9 heteroatoms. The molecule has 1 aliphatic rings. The van der Waals surface area contributed by atoms with Crippen molar-refractivity contribution in [2.75, 3.05) is 38.0 Å². The summed E-state index contributed by atoms with van der Waals surface area (Å²) in [7, 11) is 0. The van der Waals surface area contributed by atoms with Crippen LogP contribution in [0.3, 0.4) is 0 Å². The van der Waals surface area contributed by atoms with Gasteiger partial charge in [-0.3, -0.25) is 24.0 Å². The van der Waals surface area contributed by atoms with Crippen LogP contribution >= 0.6 is 0 Å². The van der Waals surface area contributed by atoms with Crippen LogP contribution in [0.25, 0.3) is 11.0 Å². The van der Waals surface area contributed by atoms with Gasteiger partial charge in [0.1, 0.15) is 5.65 Å². The molecule has 0 bridgehead atoms. The van der Waals surface area contributed by atoms with Crippen molar-refractivity contribution in [3.05, 3.63) is 53.1 Å². The summed E-state index contributed by atoms with van der Waals surface area (Å²) in [5.74, 6) is 0.398. The summed E-state index contributed by atoms with van der Waals surface area (Å²) < 4.78 is 1.71. The van der Waals surface area contributed by atoms with E-state index >= 15 is 0 Å². The Hall–Kier alpha value is -3.33. The van der Waals surface area contributed by atoms with Crippen LogP contribution in [0.4, 0.5) is 5.95 Å². The van der Waals surface area contributed by atoms with Crippen LogP contribution < -0.4 is 10.9 Å². The number of aromatic nitrogens is 3. The second-order valence-electron chi connectivity index (χ2n) is 8.26. The van der Waals surface area contributed by atoms with E-state index in [1.807, 2.05) is 24.8 Å². The number of piperazine rings is 1. The molecule has 3 rings (SSSR count). The number of fused-ring (bicyclic) bond motifs is 1. The second-order valence-corrected chi connectivity index (χ2v) is 8.26. The number of hydrogen-bond donors (Lipinski definition) is 1. The first-order valence-corrected chi connectivity index (χ1v) is 12.0.